The Kier molecular flexibility index (Phi) is 6.43. The van der Waals surface area contributed by atoms with Crippen LogP contribution in [0.15, 0.2) is 64.3 Å². The van der Waals surface area contributed by atoms with Gasteiger partial charge in [0.1, 0.15) is 0 Å². The molecule has 1 aliphatic rings. The van der Waals surface area contributed by atoms with Gasteiger partial charge in [0.05, 0.1) is 10.6 Å². The van der Waals surface area contributed by atoms with Crippen LogP contribution >= 0.6 is 0 Å². The Labute approximate surface area is 183 Å². The highest BCUT2D eigenvalue weighted by molar-refractivity contribution is 7.92. The smallest absolute Gasteiger partial charge is 0.261 e. The molecule has 0 bridgehead atoms. The molecule has 0 aliphatic heterocycles. The summed E-state index contributed by atoms with van der Waals surface area (Å²) in [6, 6.07) is 15.6. The van der Waals surface area contributed by atoms with E-state index in [2.05, 4.69) is 21.9 Å². The highest BCUT2D eigenvalue weighted by atomic mass is 32.2. The predicted molar refractivity (Wildman–Crippen MR) is 125 cm³/mol. The van der Waals surface area contributed by atoms with Crippen LogP contribution in [0.5, 0.6) is 0 Å². The van der Waals surface area contributed by atoms with Gasteiger partial charge in [0.2, 0.25) is 5.56 Å². The molecule has 0 saturated heterocycles. The molecule has 31 heavy (non-hydrogen) atoms. The summed E-state index contributed by atoms with van der Waals surface area (Å²) in [7, 11) is -3.76. The van der Waals surface area contributed by atoms with Crippen LogP contribution in [0.25, 0.3) is 10.9 Å². The predicted octanol–water partition coefficient (Wildman–Crippen LogP) is 4.39. The number of nitrogens with one attached hydrogen (secondary N) is 3. The zero-order valence-electron chi connectivity index (χ0n) is 17.7. The number of benzene rings is 2. The lowest BCUT2D eigenvalue weighted by molar-refractivity contribution is 0.404. The molecule has 2 aromatic carbocycles. The SMILES string of the molecule is C[C@@H](CC1CCCC1)NCc1ccccc1NS(=O)(=O)c1ccc2[nH]c(=O)ccc2c1. The minimum atomic E-state index is -3.76. The highest BCUT2D eigenvalue weighted by Gasteiger charge is 2.19. The minimum absolute atomic E-state index is 0.157. The number of hydrogen-bond donors (Lipinski definition) is 3. The van der Waals surface area contributed by atoms with Gasteiger partial charge in [0, 0.05) is 24.2 Å². The quantitative estimate of drug-likeness (QED) is 0.486. The zero-order valence-corrected chi connectivity index (χ0v) is 18.5. The third-order valence-electron chi connectivity index (χ3n) is 6.07. The van der Waals surface area contributed by atoms with Crippen molar-refractivity contribution >= 4 is 26.6 Å². The van der Waals surface area contributed by atoms with Gasteiger partial charge >= 0.3 is 0 Å². The highest BCUT2D eigenvalue weighted by Crippen LogP contribution is 2.29. The van der Waals surface area contributed by atoms with Crippen LogP contribution < -0.4 is 15.6 Å². The van der Waals surface area contributed by atoms with Gasteiger partial charge in [-0.15, -0.1) is 0 Å². The van der Waals surface area contributed by atoms with Gasteiger partial charge in [0.25, 0.3) is 10.0 Å². The summed E-state index contributed by atoms with van der Waals surface area (Å²) in [5.41, 5.74) is 1.87. The van der Waals surface area contributed by atoms with E-state index in [4.69, 9.17) is 0 Å². The van der Waals surface area contributed by atoms with Crippen LogP contribution in [0.3, 0.4) is 0 Å². The number of H-pyrrole nitrogens is 1. The van der Waals surface area contributed by atoms with Gasteiger partial charge in [-0.2, -0.15) is 0 Å². The number of rotatable bonds is 8. The van der Waals surface area contributed by atoms with Crippen molar-refractivity contribution in [3.63, 3.8) is 0 Å². The van der Waals surface area contributed by atoms with E-state index in [9.17, 15) is 13.2 Å². The van der Waals surface area contributed by atoms with Gasteiger partial charge in [-0.3, -0.25) is 9.52 Å². The zero-order chi connectivity index (χ0) is 21.8. The first-order chi connectivity index (χ1) is 14.9. The number of fused-ring (bicyclic) bond motifs is 1. The summed E-state index contributed by atoms with van der Waals surface area (Å²) in [5, 5.41) is 4.22. The molecule has 1 fully saturated rings. The number of pyridine rings is 1. The number of para-hydroxylation sites is 1. The molecule has 0 radical (unpaired) electrons. The van der Waals surface area contributed by atoms with Crippen molar-refractivity contribution in [1.29, 1.82) is 0 Å². The molecular formula is C24H29N3O3S. The fourth-order valence-electron chi connectivity index (χ4n) is 4.39. The molecule has 1 atom stereocenters. The molecule has 1 aliphatic carbocycles. The molecule has 4 rings (SSSR count). The molecule has 6 nitrogen and oxygen atoms in total. The number of aromatic amines is 1. The van der Waals surface area contributed by atoms with E-state index in [1.54, 1.807) is 24.3 Å². The van der Waals surface area contributed by atoms with Crippen LogP contribution in [0.2, 0.25) is 0 Å². The largest absolute Gasteiger partial charge is 0.322 e. The van der Waals surface area contributed by atoms with E-state index in [1.165, 1.54) is 37.8 Å². The normalized spacial score (nSPS) is 15.9. The summed E-state index contributed by atoms with van der Waals surface area (Å²) in [5.74, 6) is 0.805. The molecule has 0 unspecified atom stereocenters. The van der Waals surface area contributed by atoms with E-state index >= 15 is 0 Å². The maximum atomic E-state index is 13.0. The number of aromatic nitrogens is 1. The van der Waals surface area contributed by atoms with Crippen molar-refractivity contribution in [3.8, 4) is 0 Å². The van der Waals surface area contributed by atoms with Gasteiger partial charge < -0.3 is 10.3 Å². The standard InChI is InChI=1S/C24H29N3O3S/c1-17(14-18-6-2-3-7-18)25-16-20-8-4-5-9-23(20)27-31(29,30)21-11-12-22-19(15-21)10-13-24(28)26-22/h4-5,8-13,15,17-18,25,27H,2-3,6-7,14,16H2,1H3,(H,26,28)/t17-/m0/s1. The second kappa shape index (κ2) is 9.24. The molecule has 7 heteroatoms. The molecule has 1 saturated carbocycles. The maximum absolute atomic E-state index is 13.0. The van der Waals surface area contributed by atoms with E-state index in [-0.39, 0.29) is 10.5 Å². The van der Waals surface area contributed by atoms with Crippen molar-refractivity contribution in [3.05, 3.63) is 70.5 Å². The molecule has 3 N–H and O–H groups in total. The Bertz CT molecular complexity index is 1210. The summed E-state index contributed by atoms with van der Waals surface area (Å²) in [6.07, 6.45) is 6.48. The molecule has 1 aromatic heterocycles. The minimum Gasteiger partial charge on any atom is -0.322 e. The number of anilines is 1. The average molecular weight is 440 g/mol. The summed E-state index contributed by atoms with van der Waals surface area (Å²) < 4.78 is 28.8. The van der Waals surface area contributed by atoms with Crippen molar-refractivity contribution in [2.45, 2.75) is 56.5 Å². The molecule has 0 spiro atoms. The second-order valence-corrected chi connectivity index (χ2v) is 10.2. The summed E-state index contributed by atoms with van der Waals surface area (Å²) in [6.45, 7) is 2.80. The Balaban J connectivity index is 1.48. The fourth-order valence-corrected chi connectivity index (χ4v) is 5.53. The fraction of sp³-hybridized carbons (Fsp3) is 0.375. The lowest BCUT2D eigenvalue weighted by Gasteiger charge is -2.19. The molecular weight excluding hydrogens is 410 g/mol. The van der Waals surface area contributed by atoms with Crippen LogP contribution in [0, 0.1) is 5.92 Å². The topological polar surface area (TPSA) is 91.1 Å². The van der Waals surface area contributed by atoms with Gasteiger partial charge in [-0.25, -0.2) is 8.42 Å². The lowest BCUT2D eigenvalue weighted by atomic mass is 9.99. The van der Waals surface area contributed by atoms with Gasteiger partial charge in [-0.1, -0.05) is 43.9 Å². The van der Waals surface area contributed by atoms with Crippen molar-refractivity contribution in [1.82, 2.24) is 10.3 Å². The molecule has 164 valence electrons. The van der Waals surface area contributed by atoms with Crippen LogP contribution in [0.1, 0.15) is 44.6 Å². The van der Waals surface area contributed by atoms with Crippen LogP contribution in [-0.2, 0) is 16.6 Å². The number of sulfonamides is 1. The third kappa shape index (κ3) is 5.35. The van der Waals surface area contributed by atoms with Gasteiger partial charge in [0.15, 0.2) is 0 Å². The molecule has 1 heterocycles. The Morgan fingerprint density at radius 1 is 1.06 bits per heavy atom. The maximum Gasteiger partial charge on any atom is 0.261 e. The Morgan fingerprint density at radius 3 is 2.65 bits per heavy atom. The first-order valence-corrected chi connectivity index (χ1v) is 12.4. The second-order valence-electron chi connectivity index (χ2n) is 8.50. The monoisotopic (exact) mass is 439 g/mol. The van der Waals surface area contributed by atoms with E-state index in [0.29, 0.717) is 29.2 Å². The van der Waals surface area contributed by atoms with Crippen LogP contribution in [-0.4, -0.2) is 19.4 Å². The summed E-state index contributed by atoms with van der Waals surface area (Å²) >= 11 is 0. The molecule has 0 amide bonds. The van der Waals surface area contributed by atoms with E-state index in [0.717, 1.165) is 17.9 Å². The summed E-state index contributed by atoms with van der Waals surface area (Å²) in [4.78, 5) is 14.3. The Morgan fingerprint density at radius 2 is 1.84 bits per heavy atom. The third-order valence-corrected chi connectivity index (χ3v) is 7.43. The lowest BCUT2D eigenvalue weighted by Crippen LogP contribution is -2.28. The first-order valence-electron chi connectivity index (χ1n) is 10.9. The first kappa shape index (κ1) is 21.6. The number of hydrogen-bond acceptors (Lipinski definition) is 4. The van der Waals surface area contributed by atoms with E-state index < -0.39 is 10.0 Å². The van der Waals surface area contributed by atoms with E-state index in [1.807, 2.05) is 18.2 Å². The van der Waals surface area contributed by atoms with Crippen LogP contribution in [0.4, 0.5) is 5.69 Å². The van der Waals surface area contributed by atoms with Crippen molar-refractivity contribution in [2.24, 2.45) is 5.92 Å². The average Bonchev–Trinajstić information content (AvgIpc) is 3.25. The molecule has 3 aromatic rings. The van der Waals surface area contributed by atoms with Crippen molar-refractivity contribution in [2.75, 3.05) is 4.72 Å². The van der Waals surface area contributed by atoms with Crippen molar-refractivity contribution < 1.29 is 8.42 Å². The van der Waals surface area contributed by atoms with Gasteiger partial charge in [-0.05, 0) is 60.5 Å². The Hall–Kier alpha value is -2.64.